The van der Waals surface area contributed by atoms with Crippen molar-refractivity contribution in [1.82, 2.24) is 9.97 Å². The maximum atomic E-state index is 14.1. The van der Waals surface area contributed by atoms with E-state index < -0.39 is 17.6 Å². The van der Waals surface area contributed by atoms with Crippen LogP contribution in [-0.4, -0.2) is 23.3 Å². The van der Waals surface area contributed by atoms with Gasteiger partial charge in [0, 0.05) is 26.0 Å². The first kappa shape index (κ1) is 23.6. The first-order valence-electron chi connectivity index (χ1n) is 9.67. The Bertz CT molecular complexity index is 1100. The van der Waals surface area contributed by atoms with Crippen molar-refractivity contribution in [3.8, 4) is 0 Å². The van der Waals surface area contributed by atoms with E-state index in [0.29, 0.717) is 11.8 Å². The molecule has 0 aliphatic carbocycles. The normalized spacial score (nSPS) is 11.4. The molecule has 1 aromatic heterocycles. The lowest BCUT2D eigenvalue weighted by molar-refractivity contribution is -0.137. The van der Waals surface area contributed by atoms with Crippen molar-refractivity contribution >= 4 is 35.1 Å². The summed E-state index contributed by atoms with van der Waals surface area (Å²) >= 11 is 1.49. The molecule has 32 heavy (non-hydrogen) atoms. The van der Waals surface area contributed by atoms with E-state index in [9.17, 15) is 17.6 Å². The summed E-state index contributed by atoms with van der Waals surface area (Å²) in [5.41, 5.74) is 2.51. The molecule has 5 nitrogen and oxygen atoms in total. The molecular weight excluding hydrogens is 442 g/mol. The van der Waals surface area contributed by atoms with Crippen LogP contribution in [0.1, 0.15) is 22.3 Å². The number of anilines is 4. The Morgan fingerprint density at radius 2 is 1.75 bits per heavy atom. The van der Waals surface area contributed by atoms with Gasteiger partial charge in [0.15, 0.2) is 0 Å². The van der Waals surface area contributed by atoms with E-state index >= 15 is 0 Å². The summed E-state index contributed by atoms with van der Waals surface area (Å²) in [4.78, 5) is 7.72. The van der Waals surface area contributed by atoms with E-state index in [0.717, 1.165) is 16.8 Å². The van der Waals surface area contributed by atoms with Crippen LogP contribution in [0.25, 0.3) is 0 Å². The summed E-state index contributed by atoms with van der Waals surface area (Å²) in [6.45, 7) is 3.79. The van der Waals surface area contributed by atoms with Gasteiger partial charge in [0.05, 0.1) is 11.4 Å². The fraction of sp³-hybridized carbons (Fsp3) is 0.273. The first-order valence-corrected chi connectivity index (χ1v) is 10.9. The Morgan fingerprint density at radius 3 is 2.41 bits per heavy atom. The standard InChI is InChI=1S/C22H23F4N5S/c1-13-6-8-18(17(23)9-13)29-21-28-12-16(22(24,25)26)20(30-21)27-11-15-7-5-14(2)10-19(15)31(3)32-4/h5-10,12H,11H2,1-4H3,(H2,27,28,29,30). The molecule has 0 atom stereocenters. The summed E-state index contributed by atoms with van der Waals surface area (Å²) in [6, 6.07) is 10.2. The minimum absolute atomic E-state index is 0.0729. The molecule has 0 saturated heterocycles. The van der Waals surface area contributed by atoms with Gasteiger partial charge in [-0.3, -0.25) is 0 Å². The number of nitrogens with zero attached hydrogens (tertiary/aromatic N) is 3. The Hall–Kier alpha value is -3.01. The Kier molecular flexibility index (Phi) is 7.12. The molecule has 2 aromatic carbocycles. The minimum atomic E-state index is -4.65. The second kappa shape index (κ2) is 9.64. The molecule has 0 aliphatic rings. The van der Waals surface area contributed by atoms with Crippen LogP contribution in [0.3, 0.4) is 0 Å². The SMILES string of the molecule is CSN(C)c1cc(C)ccc1CNc1nc(Nc2ccc(C)cc2F)ncc1C(F)(F)F. The lowest BCUT2D eigenvalue weighted by Crippen LogP contribution is -2.16. The number of hydrogen-bond acceptors (Lipinski definition) is 6. The molecule has 1 heterocycles. The zero-order valence-corrected chi connectivity index (χ0v) is 18.8. The van der Waals surface area contributed by atoms with Crippen molar-refractivity contribution in [2.24, 2.45) is 0 Å². The zero-order valence-electron chi connectivity index (χ0n) is 18.0. The summed E-state index contributed by atoms with van der Waals surface area (Å²) < 4.78 is 56.7. The smallest absolute Gasteiger partial charge is 0.365 e. The van der Waals surface area contributed by atoms with Gasteiger partial charge < -0.3 is 14.9 Å². The topological polar surface area (TPSA) is 53.1 Å². The fourth-order valence-corrected chi connectivity index (χ4v) is 3.39. The maximum Gasteiger partial charge on any atom is 0.421 e. The van der Waals surface area contributed by atoms with Crippen molar-refractivity contribution in [2.45, 2.75) is 26.6 Å². The van der Waals surface area contributed by atoms with Crippen LogP contribution in [-0.2, 0) is 12.7 Å². The predicted molar refractivity (Wildman–Crippen MR) is 122 cm³/mol. The first-order chi connectivity index (χ1) is 15.1. The summed E-state index contributed by atoms with van der Waals surface area (Å²) in [5, 5.41) is 5.43. The van der Waals surface area contributed by atoms with Gasteiger partial charge in [-0.15, -0.1) is 0 Å². The summed E-state index contributed by atoms with van der Waals surface area (Å²) in [5.74, 6) is -1.08. The van der Waals surface area contributed by atoms with Crippen molar-refractivity contribution in [3.05, 3.63) is 70.7 Å². The van der Waals surface area contributed by atoms with Gasteiger partial charge in [0.2, 0.25) is 5.95 Å². The zero-order chi connectivity index (χ0) is 23.5. The summed E-state index contributed by atoms with van der Waals surface area (Å²) in [7, 11) is 1.88. The maximum absolute atomic E-state index is 14.1. The van der Waals surface area contributed by atoms with Crippen LogP contribution in [0.5, 0.6) is 0 Å². The predicted octanol–water partition coefficient (Wildman–Crippen LogP) is 6.32. The molecule has 0 unspecified atom stereocenters. The minimum Gasteiger partial charge on any atom is -0.365 e. The summed E-state index contributed by atoms with van der Waals surface area (Å²) in [6.07, 6.45) is -2.05. The van der Waals surface area contributed by atoms with E-state index in [1.807, 2.05) is 42.7 Å². The number of nitrogens with one attached hydrogen (secondary N) is 2. The highest BCUT2D eigenvalue weighted by atomic mass is 32.2. The lowest BCUT2D eigenvalue weighted by Gasteiger charge is -2.21. The average molecular weight is 466 g/mol. The van der Waals surface area contributed by atoms with Crippen LogP contribution >= 0.6 is 11.9 Å². The molecule has 3 rings (SSSR count). The third kappa shape index (κ3) is 5.61. The number of alkyl halides is 3. The second-order valence-corrected chi connectivity index (χ2v) is 8.14. The molecule has 0 spiro atoms. The van der Waals surface area contributed by atoms with Gasteiger partial charge >= 0.3 is 6.18 Å². The Morgan fingerprint density at radius 1 is 1.06 bits per heavy atom. The molecule has 0 fully saturated rings. The van der Waals surface area contributed by atoms with Gasteiger partial charge in [0.1, 0.15) is 17.2 Å². The van der Waals surface area contributed by atoms with Gasteiger partial charge in [0.25, 0.3) is 0 Å². The highest BCUT2D eigenvalue weighted by Crippen LogP contribution is 2.35. The van der Waals surface area contributed by atoms with Crippen molar-refractivity contribution in [1.29, 1.82) is 0 Å². The highest BCUT2D eigenvalue weighted by Gasteiger charge is 2.35. The molecule has 0 aliphatic heterocycles. The molecule has 0 radical (unpaired) electrons. The monoisotopic (exact) mass is 465 g/mol. The Balaban J connectivity index is 1.92. The van der Waals surface area contributed by atoms with Crippen LogP contribution in [0, 0.1) is 19.7 Å². The van der Waals surface area contributed by atoms with Crippen LogP contribution < -0.4 is 14.9 Å². The molecule has 10 heteroatoms. The van der Waals surface area contributed by atoms with E-state index in [1.165, 1.54) is 24.1 Å². The number of benzene rings is 2. The van der Waals surface area contributed by atoms with Gasteiger partial charge in [-0.1, -0.05) is 30.1 Å². The number of hydrogen-bond donors (Lipinski definition) is 2. The number of aromatic nitrogens is 2. The van der Waals surface area contributed by atoms with Crippen LogP contribution in [0.2, 0.25) is 0 Å². The fourth-order valence-electron chi connectivity index (χ4n) is 3.02. The second-order valence-electron chi connectivity index (χ2n) is 7.23. The molecule has 0 amide bonds. The van der Waals surface area contributed by atoms with Crippen molar-refractivity contribution in [2.75, 3.05) is 28.2 Å². The Labute approximate surface area is 188 Å². The van der Waals surface area contributed by atoms with Crippen molar-refractivity contribution in [3.63, 3.8) is 0 Å². The van der Waals surface area contributed by atoms with E-state index in [4.69, 9.17) is 0 Å². The van der Waals surface area contributed by atoms with Gasteiger partial charge in [-0.05, 0) is 48.7 Å². The van der Waals surface area contributed by atoms with Crippen LogP contribution in [0.15, 0.2) is 42.6 Å². The van der Waals surface area contributed by atoms with Crippen LogP contribution in [0.4, 0.5) is 40.7 Å². The van der Waals surface area contributed by atoms with E-state index in [2.05, 4.69) is 20.6 Å². The number of rotatable bonds is 7. The molecular formula is C22H23F4N5S. The third-order valence-electron chi connectivity index (χ3n) is 4.77. The molecule has 0 saturated carbocycles. The lowest BCUT2D eigenvalue weighted by atomic mass is 10.1. The highest BCUT2D eigenvalue weighted by molar-refractivity contribution is 7.99. The van der Waals surface area contributed by atoms with Crippen molar-refractivity contribution < 1.29 is 17.6 Å². The van der Waals surface area contributed by atoms with Gasteiger partial charge in [-0.2, -0.15) is 18.2 Å². The van der Waals surface area contributed by atoms with Gasteiger partial charge in [-0.25, -0.2) is 9.37 Å². The van der Waals surface area contributed by atoms with E-state index in [1.54, 1.807) is 13.0 Å². The largest absolute Gasteiger partial charge is 0.421 e. The molecule has 0 bridgehead atoms. The number of aryl methyl sites for hydroxylation is 2. The number of halogens is 4. The quantitative estimate of drug-likeness (QED) is 0.315. The third-order valence-corrected chi connectivity index (χ3v) is 5.51. The molecule has 2 N–H and O–H groups in total. The molecule has 170 valence electrons. The molecule has 3 aromatic rings. The van der Waals surface area contributed by atoms with E-state index in [-0.39, 0.29) is 24.0 Å². The average Bonchev–Trinajstić information content (AvgIpc) is 2.73.